The molecule has 2 aromatic rings. The molecule has 128 valence electrons. The van der Waals surface area contributed by atoms with E-state index in [2.05, 4.69) is 15.1 Å². The van der Waals surface area contributed by atoms with Crippen LogP contribution in [0.25, 0.3) is 11.5 Å². The standard InChI is InChI=1S/C17H22N4O3/c1-13(22)21-9-4-6-17(12-21,7-10-23-2)16-19-15(24-20-16)14-5-3-8-18-11-14/h3,5,8,11H,4,6-7,9-10,12H2,1-2H3. The summed E-state index contributed by atoms with van der Waals surface area (Å²) in [4.78, 5) is 22.4. The zero-order valence-corrected chi connectivity index (χ0v) is 14.1. The van der Waals surface area contributed by atoms with Crippen molar-refractivity contribution in [3.8, 4) is 11.5 Å². The van der Waals surface area contributed by atoms with E-state index in [9.17, 15) is 4.79 Å². The first-order chi connectivity index (χ1) is 11.6. The van der Waals surface area contributed by atoms with Gasteiger partial charge in [0, 0.05) is 46.1 Å². The van der Waals surface area contributed by atoms with Crippen LogP contribution in [0, 0.1) is 0 Å². The van der Waals surface area contributed by atoms with Gasteiger partial charge in [0.15, 0.2) is 5.82 Å². The second kappa shape index (κ2) is 7.09. The van der Waals surface area contributed by atoms with Crippen molar-refractivity contribution in [3.05, 3.63) is 30.4 Å². The van der Waals surface area contributed by atoms with Crippen molar-refractivity contribution in [1.29, 1.82) is 0 Å². The van der Waals surface area contributed by atoms with Gasteiger partial charge in [-0.3, -0.25) is 9.78 Å². The summed E-state index contributed by atoms with van der Waals surface area (Å²) in [6.45, 7) is 3.56. The van der Waals surface area contributed by atoms with Crippen LogP contribution in [-0.2, 0) is 14.9 Å². The number of hydrogen-bond donors (Lipinski definition) is 0. The summed E-state index contributed by atoms with van der Waals surface area (Å²) in [5.41, 5.74) is 0.460. The zero-order chi connectivity index (χ0) is 17.0. The Labute approximate surface area is 141 Å². The molecular formula is C17H22N4O3. The predicted molar refractivity (Wildman–Crippen MR) is 87.2 cm³/mol. The molecule has 0 bridgehead atoms. The summed E-state index contributed by atoms with van der Waals surface area (Å²) < 4.78 is 10.7. The van der Waals surface area contributed by atoms with Gasteiger partial charge in [-0.2, -0.15) is 4.98 Å². The van der Waals surface area contributed by atoms with Crippen LogP contribution in [0.5, 0.6) is 0 Å². The van der Waals surface area contributed by atoms with Crippen molar-refractivity contribution < 1.29 is 14.1 Å². The Balaban J connectivity index is 1.91. The van der Waals surface area contributed by atoms with Crippen LogP contribution in [-0.4, -0.2) is 52.7 Å². The minimum absolute atomic E-state index is 0.0764. The van der Waals surface area contributed by atoms with Crippen molar-refractivity contribution in [2.75, 3.05) is 26.8 Å². The molecule has 0 N–H and O–H groups in total. The van der Waals surface area contributed by atoms with Crippen molar-refractivity contribution in [3.63, 3.8) is 0 Å². The number of carbonyl (C=O) groups is 1. The number of rotatable bonds is 5. The molecule has 7 heteroatoms. The third kappa shape index (κ3) is 3.31. The average molecular weight is 330 g/mol. The Morgan fingerprint density at radius 2 is 2.38 bits per heavy atom. The average Bonchev–Trinajstić information content (AvgIpc) is 3.12. The number of aromatic nitrogens is 3. The fourth-order valence-corrected chi connectivity index (χ4v) is 3.24. The van der Waals surface area contributed by atoms with Gasteiger partial charge in [-0.25, -0.2) is 0 Å². The Bertz CT molecular complexity index is 688. The molecule has 24 heavy (non-hydrogen) atoms. The van der Waals surface area contributed by atoms with E-state index >= 15 is 0 Å². The topological polar surface area (TPSA) is 81.3 Å². The lowest BCUT2D eigenvalue weighted by Crippen LogP contribution is -2.49. The predicted octanol–water partition coefficient (Wildman–Crippen LogP) is 2.05. The molecular weight excluding hydrogens is 308 g/mol. The molecule has 1 amide bonds. The van der Waals surface area contributed by atoms with Gasteiger partial charge in [0.25, 0.3) is 5.89 Å². The fourth-order valence-electron chi connectivity index (χ4n) is 3.24. The van der Waals surface area contributed by atoms with Crippen molar-refractivity contribution in [2.24, 2.45) is 0 Å². The summed E-state index contributed by atoms with van der Waals surface area (Å²) in [5, 5.41) is 4.23. The lowest BCUT2D eigenvalue weighted by molar-refractivity contribution is -0.131. The molecule has 0 saturated carbocycles. The van der Waals surface area contributed by atoms with E-state index in [4.69, 9.17) is 9.26 Å². The van der Waals surface area contributed by atoms with Crippen LogP contribution in [0.2, 0.25) is 0 Å². The maximum atomic E-state index is 11.8. The molecule has 1 atom stereocenters. The van der Waals surface area contributed by atoms with Gasteiger partial charge in [-0.15, -0.1) is 0 Å². The summed E-state index contributed by atoms with van der Waals surface area (Å²) in [6, 6.07) is 3.72. The number of methoxy groups -OCH3 is 1. The number of likely N-dealkylation sites (tertiary alicyclic amines) is 1. The normalized spacial score (nSPS) is 21.0. The third-order valence-electron chi connectivity index (χ3n) is 4.62. The molecule has 0 spiro atoms. The van der Waals surface area contributed by atoms with E-state index in [1.165, 1.54) is 0 Å². The number of pyridine rings is 1. The van der Waals surface area contributed by atoms with E-state index in [-0.39, 0.29) is 11.3 Å². The molecule has 7 nitrogen and oxygen atoms in total. The molecule has 0 aromatic carbocycles. The van der Waals surface area contributed by atoms with Crippen molar-refractivity contribution >= 4 is 5.91 Å². The molecule has 1 aliphatic rings. The molecule has 1 saturated heterocycles. The number of amides is 1. The van der Waals surface area contributed by atoms with Gasteiger partial charge in [0.05, 0.1) is 11.0 Å². The quantitative estimate of drug-likeness (QED) is 0.834. The lowest BCUT2D eigenvalue weighted by Gasteiger charge is -2.40. The van der Waals surface area contributed by atoms with Crippen LogP contribution in [0.1, 0.15) is 32.0 Å². The summed E-state index contributed by atoms with van der Waals surface area (Å²) in [7, 11) is 1.68. The summed E-state index contributed by atoms with van der Waals surface area (Å²) in [5.74, 6) is 1.17. The van der Waals surface area contributed by atoms with Gasteiger partial charge >= 0.3 is 0 Å². The first-order valence-electron chi connectivity index (χ1n) is 8.14. The van der Waals surface area contributed by atoms with Gasteiger partial charge in [-0.05, 0) is 31.4 Å². The highest BCUT2D eigenvalue weighted by Gasteiger charge is 2.41. The molecule has 0 radical (unpaired) electrons. The number of carbonyl (C=O) groups excluding carboxylic acids is 1. The highest BCUT2D eigenvalue weighted by molar-refractivity contribution is 5.73. The van der Waals surface area contributed by atoms with Crippen molar-refractivity contribution in [2.45, 2.75) is 31.6 Å². The van der Waals surface area contributed by atoms with Crippen molar-refractivity contribution in [1.82, 2.24) is 20.0 Å². The SMILES string of the molecule is COCCC1(c2noc(-c3cccnc3)n2)CCCN(C(C)=O)C1. The monoisotopic (exact) mass is 330 g/mol. The molecule has 2 aromatic heterocycles. The largest absolute Gasteiger partial charge is 0.385 e. The van der Waals surface area contributed by atoms with Crippen LogP contribution >= 0.6 is 0 Å². The second-order valence-corrected chi connectivity index (χ2v) is 6.23. The fraction of sp³-hybridized carbons (Fsp3) is 0.529. The molecule has 3 heterocycles. The minimum atomic E-state index is -0.329. The van der Waals surface area contributed by atoms with Crippen LogP contribution < -0.4 is 0 Å². The van der Waals surface area contributed by atoms with E-state index in [1.807, 2.05) is 17.0 Å². The van der Waals surface area contributed by atoms with Crippen LogP contribution in [0.3, 0.4) is 0 Å². The van der Waals surface area contributed by atoms with Crippen LogP contribution in [0.15, 0.2) is 29.0 Å². The first-order valence-corrected chi connectivity index (χ1v) is 8.14. The Morgan fingerprint density at radius 1 is 1.50 bits per heavy atom. The van der Waals surface area contributed by atoms with Crippen LogP contribution in [0.4, 0.5) is 0 Å². The first kappa shape index (κ1) is 16.6. The third-order valence-corrected chi connectivity index (χ3v) is 4.62. The smallest absolute Gasteiger partial charge is 0.259 e. The van der Waals surface area contributed by atoms with E-state index in [0.29, 0.717) is 24.9 Å². The molecule has 3 rings (SSSR count). The van der Waals surface area contributed by atoms with Gasteiger partial charge < -0.3 is 14.2 Å². The Hall–Kier alpha value is -2.28. The van der Waals surface area contributed by atoms with E-state index in [0.717, 1.165) is 31.4 Å². The Kier molecular flexibility index (Phi) is 4.89. The molecule has 0 aliphatic carbocycles. The number of ether oxygens (including phenoxy) is 1. The van der Waals surface area contributed by atoms with Gasteiger partial charge in [-0.1, -0.05) is 5.16 Å². The highest BCUT2D eigenvalue weighted by Crippen LogP contribution is 2.36. The van der Waals surface area contributed by atoms with E-state index < -0.39 is 0 Å². The summed E-state index contributed by atoms with van der Waals surface area (Å²) >= 11 is 0. The Morgan fingerprint density at radius 3 is 3.08 bits per heavy atom. The molecule has 1 aliphatic heterocycles. The molecule has 1 fully saturated rings. The van der Waals surface area contributed by atoms with E-state index in [1.54, 1.807) is 26.4 Å². The second-order valence-electron chi connectivity index (χ2n) is 6.23. The number of piperidine rings is 1. The van der Waals surface area contributed by atoms with Gasteiger partial charge in [0.2, 0.25) is 5.91 Å². The highest BCUT2D eigenvalue weighted by atomic mass is 16.5. The summed E-state index contributed by atoms with van der Waals surface area (Å²) in [6.07, 6.45) is 5.97. The number of hydrogen-bond acceptors (Lipinski definition) is 6. The van der Waals surface area contributed by atoms with Gasteiger partial charge in [0.1, 0.15) is 0 Å². The maximum Gasteiger partial charge on any atom is 0.259 e. The zero-order valence-electron chi connectivity index (χ0n) is 14.1. The number of nitrogens with zero attached hydrogens (tertiary/aromatic N) is 4. The minimum Gasteiger partial charge on any atom is -0.385 e. The maximum absolute atomic E-state index is 11.8. The lowest BCUT2D eigenvalue weighted by atomic mass is 9.76. The molecule has 1 unspecified atom stereocenters.